The maximum absolute atomic E-state index is 14.1. The number of alkyl carbamates (subject to hydrolysis) is 1. The number of nitrogens with one attached hydrogen (secondary N) is 7. The molecule has 0 bridgehead atoms. The minimum Gasteiger partial charge on any atom is -0.467 e. The van der Waals surface area contributed by atoms with Crippen LogP contribution in [0.15, 0.2) is 0 Å². The third-order valence-electron chi connectivity index (χ3n) is 9.56. The lowest BCUT2D eigenvalue weighted by atomic mass is 9.98. The molecule has 1 aliphatic heterocycles. The Balaban J connectivity index is 3.54. The molecular formula is C44H79N7O12. The Bertz CT molecular complexity index is 1530. The first kappa shape index (κ1) is 56.5. The summed E-state index contributed by atoms with van der Waals surface area (Å²) in [6, 6.07) is -6.89. The van der Waals surface area contributed by atoms with E-state index in [0.29, 0.717) is 12.8 Å². The fourth-order valence-electron chi connectivity index (χ4n) is 6.45. The van der Waals surface area contributed by atoms with Gasteiger partial charge in [-0.3, -0.25) is 28.8 Å². The molecule has 362 valence electrons. The fraction of sp³-hybridized carbons (Fsp3) is 0.818. The van der Waals surface area contributed by atoms with E-state index in [2.05, 4.69) is 37.2 Å². The molecule has 0 radical (unpaired) electrons. The van der Waals surface area contributed by atoms with Gasteiger partial charge in [0, 0.05) is 13.2 Å². The number of carbonyl (C=O) groups excluding carboxylic acids is 8. The Hall–Kier alpha value is -4.52. The normalized spacial score (nSPS) is 22.4. The first-order valence-corrected chi connectivity index (χ1v) is 22.2. The molecule has 19 heteroatoms. The third kappa shape index (κ3) is 22.6. The maximum atomic E-state index is 14.1. The van der Waals surface area contributed by atoms with Crippen molar-refractivity contribution in [3.8, 4) is 0 Å². The van der Waals surface area contributed by atoms with Crippen molar-refractivity contribution in [3.05, 3.63) is 0 Å². The summed E-state index contributed by atoms with van der Waals surface area (Å²) in [5, 5.41) is 18.9. The van der Waals surface area contributed by atoms with Gasteiger partial charge in [-0.1, -0.05) is 55.4 Å². The number of hydrogen-bond acceptors (Lipinski definition) is 12. The van der Waals surface area contributed by atoms with Gasteiger partial charge in [-0.05, 0) is 96.8 Å². The second-order valence-electron chi connectivity index (χ2n) is 19.5. The van der Waals surface area contributed by atoms with Crippen LogP contribution < -0.4 is 37.2 Å². The van der Waals surface area contributed by atoms with Gasteiger partial charge in [-0.25, -0.2) is 9.59 Å². The number of amides is 7. The van der Waals surface area contributed by atoms with Crippen molar-refractivity contribution >= 4 is 47.5 Å². The van der Waals surface area contributed by atoms with Gasteiger partial charge in [0.2, 0.25) is 35.4 Å². The monoisotopic (exact) mass is 898 g/mol. The average molecular weight is 898 g/mol. The van der Waals surface area contributed by atoms with Crippen LogP contribution in [0.5, 0.6) is 0 Å². The second-order valence-corrected chi connectivity index (χ2v) is 19.5. The van der Waals surface area contributed by atoms with Crippen LogP contribution in [0.4, 0.5) is 4.79 Å². The van der Waals surface area contributed by atoms with Crippen LogP contribution in [0, 0.1) is 23.7 Å². The van der Waals surface area contributed by atoms with Gasteiger partial charge >= 0.3 is 12.1 Å². The number of methoxy groups -OCH3 is 1. The van der Waals surface area contributed by atoms with E-state index in [1.54, 1.807) is 20.8 Å². The molecule has 0 aromatic carbocycles. The SMILES string of the molecule is COC(=O)C1COCCCCOC[C@H](NC(=O)[C@H](CC(C)C)NC(=O)[C@H](CC(C)C)NC(=O)OC(C)(C)C)C(=O)NC(C)(C)C(=O)N[C@@H](CC(C)C)C(=O)NC(CC(C)C)C(=O)N1. The van der Waals surface area contributed by atoms with E-state index in [0.717, 1.165) is 0 Å². The molecule has 1 heterocycles. The summed E-state index contributed by atoms with van der Waals surface area (Å²) in [6.45, 7) is 22.7. The molecule has 0 saturated carbocycles. The lowest BCUT2D eigenvalue weighted by Gasteiger charge is -2.31. The fourth-order valence-corrected chi connectivity index (χ4v) is 6.45. The van der Waals surface area contributed by atoms with Crippen molar-refractivity contribution in [2.45, 2.75) is 176 Å². The van der Waals surface area contributed by atoms with Gasteiger partial charge in [0.15, 0.2) is 6.04 Å². The van der Waals surface area contributed by atoms with Crippen LogP contribution in [-0.4, -0.2) is 128 Å². The molecule has 7 N–H and O–H groups in total. The minimum absolute atomic E-state index is 0.0125. The summed E-state index contributed by atoms with van der Waals surface area (Å²) in [5.41, 5.74) is -2.46. The highest BCUT2D eigenvalue weighted by atomic mass is 16.6. The average Bonchev–Trinajstić information content (AvgIpc) is 3.14. The predicted molar refractivity (Wildman–Crippen MR) is 236 cm³/mol. The number of ether oxygens (including phenoxy) is 4. The standard InChI is InChI=1S/C44H79N7O12/c1-25(2)19-29(46-38(55)32(22-28(7)8)50-42(59)63-43(9,10)11)35(52)47-33-23-61-17-15-16-18-62-24-34(40(57)60-14)48-36(53)30(20-26(3)4)45-37(54)31(21-27(5)6)49-41(58)44(12,13)51-39(33)56/h25-34H,15-24H2,1-14H3,(H,45,54)(H,46,55)(H,47,52)(H,48,53)(H,49,58)(H,50,59)(H,51,56)/t29-,30?,31-,32-,33-,34?/m0/s1. The Labute approximate surface area is 374 Å². The van der Waals surface area contributed by atoms with E-state index >= 15 is 0 Å². The van der Waals surface area contributed by atoms with Gasteiger partial charge in [0.1, 0.15) is 41.3 Å². The molecule has 7 amide bonds. The zero-order valence-electron chi connectivity index (χ0n) is 40.2. The van der Waals surface area contributed by atoms with E-state index in [9.17, 15) is 38.4 Å². The topological polar surface area (TPSA) is 258 Å². The highest BCUT2D eigenvalue weighted by Gasteiger charge is 2.38. The lowest BCUT2D eigenvalue weighted by molar-refractivity contribution is -0.147. The molecule has 1 saturated heterocycles. The summed E-state index contributed by atoms with van der Waals surface area (Å²) in [5.74, 6) is -5.06. The molecule has 1 rings (SSSR count). The Morgan fingerprint density at radius 3 is 1.68 bits per heavy atom. The van der Waals surface area contributed by atoms with Gasteiger partial charge < -0.3 is 56.2 Å². The largest absolute Gasteiger partial charge is 0.467 e. The number of carbonyl (C=O) groups is 8. The Morgan fingerprint density at radius 1 is 0.698 bits per heavy atom. The van der Waals surface area contributed by atoms with Gasteiger partial charge in [-0.15, -0.1) is 0 Å². The molecule has 0 aromatic rings. The molecule has 0 aliphatic carbocycles. The van der Waals surface area contributed by atoms with Crippen LogP contribution in [0.25, 0.3) is 0 Å². The molecule has 0 spiro atoms. The minimum atomic E-state index is -1.64. The highest BCUT2D eigenvalue weighted by Crippen LogP contribution is 2.14. The lowest BCUT2D eigenvalue weighted by Crippen LogP contribution is -2.64. The second kappa shape index (κ2) is 27.0. The van der Waals surface area contributed by atoms with E-state index < -0.39 is 94.9 Å². The zero-order valence-corrected chi connectivity index (χ0v) is 40.2. The molecular weight excluding hydrogens is 819 g/mol. The number of hydrogen-bond donors (Lipinski definition) is 7. The maximum Gasteiger partial charge on any atom is 0.408 e. The van der Waals surface area contributed by atoms with E-state index in [1.807, 2.05) is 55.4 Å². The molecule has 19 nitrogen and oxygen atoms in total. The predicted octanol–water partition coefficient (Wildman–Crippen LogP) is 2.38. The van der Waals surface area contributed by atoms with Crippen molar-refractivity contribution in [1.82, 2.24) is 37.2 Å². The molecule has 1 aliphatic rings. The Kier molecular flexibility index (Phi) is 24.2. The van der Waals surface area contributed by atoms with Crippen LogP contribution in [0.1, 0.15) is 129 Å². The highest BCUT2D eigenvalue weighted by molar-refractivity contribution is 5.98. The summed E-state index contributed by atoms with van der Waals surface area (Å²) in [4.78, 5) is 108. The van der Waals surface area contributed by atoms with Crippen molar-refractivity contribution in [1.29, 1.82) is 0 Å². The number of esters is 1. The first-order chi connectivity index (χ1) is 29.1. The van der Waals surface area contributed by atoms with E-state index in [4.69, 9.17) is 18.9 Å². The van der Waals surface area contributed by atoms with E-state index in [-0.39, 0.29) is 75.8 Å². The molecule has 1 fully saturated rings. The van der Waals surface area contributed by atoms with Gasteiger partial charge in [0.05, 0.1) is 20.3 Å². The van der Waals surface area contributed by atoms with Gasteiger partial charge in [0.25, 0.3) is 0 Å². The summed E-state index contributed by atoms with van der Waals surface area (Å²) in [7, 11) is 1.19. The Morgan fingerprint density at radius 2 is 1.19 bits per heavy atom. The smallest absolute Gasteiger partial charge is 0.408 e. The van der Waals surface area contributed by atoms with Crippen molar-refractivity contribution < 1.29 is 57.3 Å². The molecule has 6 atom stereocenters. The first-order valence-electron chi connectivity index (χ1n) is 22.2. The van der Waals surface area contributed by atoms with Gasteiger partial charge in [-0.2, -0.15) is 0 Å². The summed E-state index contributed by atoms with van der Waals surface area (Å²) in [6.07, 6.45) is 0.933. The number of rotatable bonds is 14. The van der Waals surface area contributed by atoms with Crippen molar-refractivity contribution in [3.63, 3.8) is 0 Å². The van der Waals surface area contributed by atoms with Crippen molar-refractivity contribution in [2.75, 3.05) is 33.5 Å². The molecule has 0 aromatic heterocycles. The van der Waals surface area contributed by atoms with E-state index in [1.165, 1.54) is 21.0 Å². The molecule has 2 unspecified atom stereocenters. The summed E-state index contributed by atoms with van der Waals surface area (Å²) >= 11 is 0. The van der Waals surface area contributed by atoms with Crippen LogP contribution in [-0.2, 0) is 52.5 Å². The quantitative estimate of drug-likeness (QED) is 0.124. The van der Waals surface area contributed by atoms with Crippen molar-refractivity contribution in [2.24, 2.45) is 23.7 Å². The third-order valence-corrected chi connectivity index (χ3v) is 9.56. The molecule has 63 heavy (non-hydrogen) atoms. The van der Waals surface area contributed by atoms with Crippen LogP contribution in [0.2, 0.25) is 0 Å². The van der Waals surface area contributed by atoms with Crippen LogP contribution >= 0.6 is 0 Å². The van der Waals surface area contributed by atoms with Crippen LogP contribution in [0.3, 0.4) is 0 Å². The summed E-state index contributed by atoms with van der Waals surface area (Å²) < 4.78 is 21.9. The zero-order chi connectivity index (χ0) is 48.2.